The monoisotopic (exact) mass is 1270 g/mol. The van der Waals surface area contributed by atoms with Gasteiger partial charge in [0, 0.05) is 68.7 Å². The lowest BCUT2D eigenvalue weighted by atomic mass is 9.81. The predicted octanol–water partition coefficient (Wildman–Crippen LogP) is 13.8. The summed E-state index contributed by atoms with van der Waals surface area (Å²) >= 11 is 19.4. The molecular weight excluding hydrogens is 1230 g/mol. The number of hydrogen-bond acceptors (Lipinski definition) is 16. The van der Waals surface area contributed by atoms with E-state index in [2.05, 4.69) is 42.0 Å². The van der Waals surface area contributed by atoms with E-state index in [-0.39, 0.29) is 41.7 Å². The molecule has 4 heterocycles. The number of halogens is 7. The maximum absolute atomic E-state index is 15.6. The van der Waals surface area contributed by atoms with Gasteiger partial charge in [0.2, 0.25) is 0 Å². The SMILES string of the molecule is C[C@@H](c1nc(-c2ccc(C#N)cc2)cs1)[C@@](Cn1cncn1)(OCOC(=O)c1cccc(CCl)c1)c1ccc(F)cc1F.C[C@@H](c1nc(-c2ccc(C#N)cc2)cs1)[C@](O)(Cn1cncn1)c1ccc(F)cc1F.O=C(OCCl)c1cccc(CCl)c1. The molecule has 444 valence electrons. The standard InChI is InChI=1S/C31H24ClF2N5O3S.C22H17F2N5OS.C9H8Cl2O2/c1-20(29-38-28(15-43-29)23-7-5-21(14-35)6-8-23)31(16-39-18-36-17-37-39,26-10-9-25(33)12-27(26)34)42-19-41-30(40)24-4-2-3-22(11-24)13-32;1-14(21-28-20(10-31-21)16-4-2-15(9-25)3-5-16)22(30,11-29-13-26-12-27-29)18-7-6-17(23)8-19(18)24;10-5-7-2-1-3-8(4-7)9(12)13-6-11/h2-12,15,17-18,20H,13,16,19H2,1H3;2-8,10,12-14,30H,11H2,1H3;1-4H,5-6H2/t20-,31+;14-,22+;/m00./s1. The fraction of sp³-hybridized carbons (Fsp3) is 0.194. The number of ether oxygens (including phenoxy) is 3. The average molecular weight is 1280 g/mol. The molecule has 0 saturated carbocycles. The maximum atomic E-state index is 15.6. The molecule has 87 heavy (non-hydrogen) atoms. The molecule has 0 amide bonds. The van der Waals surface area contributed by atoms with Crippen LogP contribution in [0.25, 0.3) is 22.5 Å². The van der Waals surface area contributed by atoms with Crippen molar-refractivity contribution >= 4 is 69.4 Å². The molecule has 0 saturated heterocycles. The third-order valence-electron chi connectivity index (χ3n) is 13.7. The fourth-order valence-electron chi connectivity index (χ4n) is 8.99. The Bertz CT molecular complexity index is 4020. The van der Waals surface area contributed by atoms with E-state index in [9.17, 15) is 27.9 Å². The minimum atomic E-state index is -1.76. The van der Waals surface area contributed by atoms with Crippen LogP contribution in [0.3, 0.4) is 0 Å². The molecule has 6 aromatic carbocycles. The van der Waals surface area contributed by atoms with Crippen LogP contribution in [0.1, 0.15) is 89.8 Å². The zero-order chi connectivity index (χ0) is 62.1. The van der Waals surface area contributed by atoms with Crippen LogP contribution in [0.2, 0.25) is 0 Å². The highest BCUT2D eigenvalue weighted by Gasteiger charge is 2.45. The molecule has 0 radical (unpaired) electrons. The third kappa shape index (κ3) is 16.0. The lowest BCUT2D eigenvalue weighted by Gasteiger charge is -2.38. The summed E-state index contributed by atoms with van der Waals surface area (Å²) in [5.74, 6) is -4.98. The molecule has 25 heteroatoms. The summed E-state index contributed by atoms with van der Waals surface area (Å²) in [6.45, 7) is 2.81. The van der Waals surface area contributed by atoms with E-state index in [4.69, 9.17) is 59.8 Å². The third-order valence-corrected chi connectivity index (χ3v) is 16.4. The van der Waals surface area contributed by atoms with Gasteiger partial charge in [0.25, 0.3) is 0 Å². The number of carbonyl (C=O) groups excluding carboxylic acids is 2. The van der Waals surface area contributed by atoms with Crippen LogP contribution >= 0.6 is 57.5 Å². The van der Waals surface area contributed by atoms with Crippen molar-refractivity contribution in [1.82, 2.24) is 39.5 Å². The number of hydrogen-bond donors (Lipinski definition) is 1. The number of carbonyl (C=O) groups is 2. The van der Waals surface area contributed by atoms with Crippen molar-refractivity contribution in [3.05, 3.63) is 247 Å². The van der Waals surface area contributed by atoms with E-state index in [1.165, 1.54) is 69.5 Å². The van der Waals surface area contributed by atoms with Crippen molar-refractivity contribution in [2.24, 2.45) is 0 Å². The smallest absolute Gasteiger partial charge is 0.340 e. The van der Waals surface area contributed by atoms with E-state index in [1.807, 2.05) is 16.8 Å². The van der Waals surface area contributed by atoms with Crippen LogP contribution < -0.4 is 0 Å². The van der Waals surface area contributed by atoms with Gasteiger partial charge < -0.3 is 19.3 Å². The van der Waals surface area contributed by atoms with Gasteiger partial charge in [-0.05, 0) is 71.8 Å². The van der Waals surface area contributed by atoms with Crippen LogP contribution in [0.15, 0.2) is 170 Å². The Hall–Kier alpha value is -8.71. The number of nitriles is 2. The summed E-state index contributed by atoms with van der Waals surface area (Å²) in [7, 11) is 0. The van der Waals surface area contributed by atoms with Gasteiger partial charge in [-0.25, -0.2) is 56.5 Å². The number of aliphatic hydroxyl groups is 1. The number of alkyl halides is 3. The number of nitrogens with zero attached hydrogens (tertiary/aromatic N) is 10. The van der Waals surface area contributed by atoms with Crippen LogP contribution in [-0.4, -0.2) is 69.4 Å². The van der Waals surface area contributed by atoms with Crippen LogP contribution in [0, 0.1) is 45.9 Å². The van der Waals surface area contributed by atoms with Gasteiger partial charge in [-0.3, -0.25) is 0 Å². The molecule has 0 aliphatic heterocycles. The number of esters is 2. The highest BCUT2D eigenvalue weighted by atomic mass is 35.5. The van der Waals surface area contributed by atoms with E-state index in [0.717, 1.165) is 46.5 Å². The van der Waals surface area contributed by atoms with Crippen LogP contribution in [0.4, 0.5) is 17.6 Å². The first-order valence-electron chi connectivity index (χ1n) is 26.0. The summed E-state index contributed by atoms with van der Waals surface area (Å²) in [6.07, 6.45) is 5.51. The minimum Gasteiger partial charge on any atom is -0.446 e. The molecule has 0 unspecified atom stereocenters. The van der Waals surface area contributed by atoms with Crippen LogP contribution in [-0.2, 0) is 50.3 Å². The first-order valence-corrected chi connectivity index (χ1v) is 29.4. The lowest BCUT2D eigenvalue weighted by molar-refractivity contribution is -0.148. The molecule has 4 aromatic heterocycles. The molecule has 4 atom stereocenters. The average Bonchev–Trinajstić information content (AvgIpc) is 2.00. The largest absolute Gasteiger partial charge is 0.446 e. The van der Waals surface area contributed by atoms with Gasteiger partial charge in [0.1, 0.15) is 59.8 Å². The van der Waals surface area contributed by atoms with Gasteiger partial charge in [-0.15, -0.1) is 45.9 Å². The van der Waals surface area contributed by atoms with E-state index in [0.29, 0.717) is 44.0 Å². The minimum absolute atomic E-state index is 0.0206. The van der Waals surface area contributed by atoms with E-state index < -0.39 is 65.0 Å². The van der Waals surface area contributed by atoms with Crippen molar-refractivity contribution < 1.29 is 46.5 Å². The molecule has 10 aromatic rings. The first-order chi connectivity index (χ1) is 42.0. The van der Waals surface area contributed by atoms with Crippen molar-refractivity contribution in [3.8, 4) is 34.7 Å². The summed E-state index contributed by atoms with van der Waals surface area (Å²) in [4.78, 5) is 41.4. The zero-order valence-electron chi connectivity index (χ0n) is 46.0. The van der Waals surface area contributed by atoms with E-state index in [1.54, 1.807) is 105 Å². The molecule has 16 nitrogen and oxygen atoms in total. The van der Waals surface area contributed by atoms with Gasteiger partial charge >= 0.3 is 11.9 Å². The molecule has 0 aliphatic carbocycles. The number of aromatic nitrogens is 8. The van der Waals surface area contributed by atoms with Crippen molar-refractivity contribution in [3.63, 3.8) is 0 Å². The molecule has 0 aliphatic rings. The Morgan fingerprint density at radius 3 is 1.54 bits per heavy atom. The van der Waals surface area contributed by atoms with Gasteiger partial charge in [0.15, 0.2) is 12.9 Å². The quantitative estimate of drug-likeness (QED) is 0.0325. The second-order valence-corrected chi connectivity index (χ2v) is 21.6. The normalized spacial score (nSPS) is 13.0. The Morgan fingerprint density at radius 1 is 0.621 bits per heavy atom. The maximum Gasteiger partial charge on any atom is 0.340 e. The van der Waals surface area contributed by atoms with Gasteiger partial charge in [-0.1, -0.05) is 86.1 Å². The Morgan fingerprint density at radius 2 is 1.09 bits per heavy atom. The van der Waals surface area contributed by atoms with Crippen molar-refractivity contribution in [2.45, 2.75) is 61.7 Å². The molecule has 1 N–H and O–H groups in total. The second-order valence-electron chi connectivity index (χ2n) is 19.1. The molecule has 0 bridgehead atoms. The molecule has 0 spiro atoms. The van der Waals surface area contributed by atoms with Gasteiger partial charge in [-0.2, -0.15) is 20.7 Å². The summed E-state index contributed by atoms with van der Waals surface area (Å²) in [5.41, 5.74) is 3.00. The number of benzene rings is 6. The second kappa shape index (κ2) is 30.1. The van der Waals surface area contributed by atoms with Crippen molar-refractivity contribution in [2.75, 3.05) is 12.9 Å². The molecule has 10 rings (SSSR count). The first kappa shape index (κ1) is 64.3. The summed E-state index contributed by atoms with van der Waals surface area (Å²) < 4.78 is 77.2. The Labute approximate surface area is 519 Å². The highest BCUT2D eigenvalue weighted by molar-refractivity contribution is 7.10. The Kier molecular flexibility index (Phi) is 22.2. The molecule has 0 fully saturated rings. The topological polar surface area (TPSA) is 217 Å². The zero-order valence-corrected chi connectivity index (χ0v) is 49.9. The fourth-order valence-corrected chi connectivity index (χ4v) is 11.4. The summed E-state index contributed by atoms with van der Waals surface area (Å²) in [5, 5.41) is 42.8. The highest BCUT2D eigenvalue weighted by Crippen LogP contribution is 2.45. The predicted molar refractivity (Wildman–Crippen MR) is 319 cm³/mol. The van der Waals surface area contributed by atoms with E-state index >= 15 is 4.39 Å². The lowest BCUT2D eigenvalue weighted by Crippen LogP contribution is -2.42. The van der Waals surface area contributed by atoms with Gasteiger partial charge in [0.05, 0.1) is 68.9 Å². The summed E-state index contributed by atoms with van der Waals surface area (Å²) in [6, 6.07) is 37.9. The number of thiazole rings is 2. The van der Waals surface area contributed by atoms with Crippen LogP contribution in [0.5, 0.6) is 0 Å². The number of rotatable bonds is 20. The molecular formula is C62H49Cl3F4N10O6S2. The van der Waals surface area contributed by atoms with Crippen molar-refractivity contribution in [1.29, 1.82) is 10.5 Å². The Balaban J connectivity index is 0.000000193.